The van der Waals surface area contributed by atoms with Crippen LogP contribution in [0.4, 0.5) is 5.00 Å². The van der Waals surface area contributed by atoms with Gasteiger partial charge in [0.2, 0.25) is 0 Å². The van der Waals surface area contributed by atoms with E-state index in [-0.39, 0.29) is 6.10 Å². The molecule has 1 aromatic heterocycles. The van der Waals surface area contributed by atoms with Crippen LogP contribution in [0.15, 0.2) is 12.1 Å². The first-order valence-corrected chi connectivity index (χ1v) is 6.33. The Bertz CT molecular complexity index is 305. The first-order valence-electron chi connectivity index (χ1n) is 5.51. The largest absolute Gasteiger partial charge is 0.393 e. The summed E-state index contributed by atoms with van der Waals surface area (Å²) in [4.78, 5) is 3.72. The van der Waals surface area contributed by atoms with Gasteiger partial charge in [-0.25, -0.2) is 0 Å². The van der Waals surface area contributed by atoms with Gasteiger partial charge in [0.1, 0.15) is 0 Å². The van der Waals surface area contributed by atoms with E-state index in [1.807, 2.05) is 11.3 Å². The third kappa shape index (κ3) is 2.71. The molecule has 4 heteroatoms. The molecule has 0 unspecified atom stereocenters. The summed E-state index contributed by atoms with van der Waals surface area (Å²) in [5.74, 6) is 0. The average molecular weight is 226 g/mol. The second kappa shape index (κ2) is 4.96. The molecule has 0 aromatic carbocycles. The molecule has 3 N–H and O–H groups in total. The lowest BCUT2D eigenvalue weighted by molar-refractivity contribution is 0.145. The fourth-order valence-corrected chi connectivity index (χ4v) is 2.97. The highest BCUT2D eigenvalue weighted by atomic mass is 32.1. The number of thiophene rings is 1. The first-order chi connectivity index (χ1) is 7.29. The molecule has 0 radical (unpaired) electrons. The smallest absolute Gasteiger partial charge is 0.0911 e. The fraction of sp³-hybridized carbons (Fsp3) is 0.636. The van der Waals surface area contributed by atoms with Crippen molar-refractivity contribution in [2.75, 3.05) is 24.5 Å². The van der Waals surface area contributed by atoms with Crippen LogP contribution in [0.3, 0.4) is 0 Å². The van der Waals surface area contributed by atoms with Crippen molar-refractivity contribution in [1.82, 2.24) is 0 Å². The Morgan fingerprint density at radius 3 is 2.80 bits per heavy atom. The number of aliphatic hydroxyl groups excluding tert-OH is 1. The molecule has 1 aliphatic rings. The van der Waals surface area contributed by atoms with Gasteiger partial charge < -0.3 is 15.7 Å². The van der Waals surface area contributed by atoms with E-state index in [2.05, 4.69) is 17.0 Å². The summed E-state index contributed by atoms with van der Waals surface area (Å²) in [6.07, 6.45) is 2.67. The van der Waals surface area contributed by atoms with E-state index in [0.717, 1.165) is 38.9 Å². The summed E-state index contributed by atoms with van der Waals surface area (Å²) in [5, 5.41) is 10.7. The van der Waals surface area contributed by atoms with Crippen molar-refractivity contribution in [3.63, 3.8) is 0 Å². The number of hydrogen-bond donors (Lipinski definition) is 2. The summed E-state index contributed by atoms with van der Waals surface area (Å²) in [6.45, 7) is 2.67. The van der Waals surface area contributed by atoms with Crippen LogP contribution in [-0.2, 0) is 6.42 Å². The van der Waals surface area contributed by atoms with Crippen molar-refractivity contribution in [3.05, 3.63) is 17.0 Å². The van der Waals surface area contributed by atoms with E-state index in [9.17, 15) is 5.11 Å². The maximum atomic E-state index is 9.42. The molecule has 0 spiro atoms. The summed E-state index contributed by atoms with van der Waals surface area (Å²) in [7, 11) is 0. The van der Waals surface area contributed by atoms with Crippen LogP contribution in [0.1, 0.15) is 17.7 Å². The van der Waals surface area contributed by atoms with Crippen molar-refractivity contribution in [2.24, 2.45) is 5.73 Å². The molecule has 15 heavy (non-hydrogen) atoms. The maximum Gasteiger partial charge on any atom is 0.0911 e. The number of anilines is 1. The Balaban J connectivity index is 1.96. The number of hydrogen-bond acceptors (Lipinski definition) is 4. The molecule has 3 nitrogen and oxygen atoms in total. The monoisotopic (exact) mass is 226 g/mol. The molecule has 1 aromatic rings. The molecule has 0 atom stereocenters. The van der Waals surface area contributed by atoms with Gasteiger partial charge >= 0.3 is 0 Å². The van der Waals surface area contributed by atoms with Gasteiger partial charge in [-0.1, -0.05) is 0 Å². The average Bonchev–Trinajstić information content (AvgIpc) is 2.68. The number of aliphatic hydroxyl groups is 1. The lowest BCUT2D eigenvalue weighted by atomic mass is 10.1. The van der Waals surface area contributed by atoms with Crippen LogP contribution < -0.4 is 10.6 Å². The number of piperidine rings is 1. The van der Waals surface area contributed by atoms with Crippen molar-refractivity contribution < 1.29 is 5.11 Å². The number of rotatable bonds is 3. The van der Waals surface area contributed by atoms with Crippen molar-refractivity contribution in [2.45, 2.75) is 25.4 Å². The molecule has 0 saturated carbocycles. The predicted molar refractivity (Wildman–Crippen MR) is 64.5 cm³/mol. The highest BCUT2D eigenvalue weighted by molar-refractivity contribution is 7.16. The SMILES string of the molecule is NCCc1ccc(N2CCC(O)CC2)s1. The quantitative estimate of drug-likeness (QED) is 0.814. The third-order valence-corrected chi connectivity index (χ3v) is 4.02. The highest BCUT2D eigenvalue weighted by Gasteiger charge is 2.18. The Morgan fingerprint density at radius 1 is 1.40 bits per heavy atom. The van der Waals surface area contributed by atoms with Gasteiger partial charge in [0.05, 0.1) is 11.1 Å². The maximum absolute atomic E-state index is 9.42. The van der Waals surface area contributed by atoms with Gasteiger partial charge in [0.15, 0.2) is 0 Å². The molecule has 1 fully saturated rings. The van der Waals surface area contributed by atoms with Crippen molar-refractivity contribution >= 4 is 16.3 Å². The fourth-order valence-electron chi connectivity index (χ4n) is 1.90. The molecular weight excluding hydrogens is 208 g/mol. The van der Waals surface area contributed by atoms with Crippen LogP contribution in [-0.4, -0.2) is 30.8 Å². The van der Waals surface area contributed by atoms with E-state index >= 15 is 0 Å². The van der Waals surface area contributed by atoms with Crippen LogP contribution in [0.2, 0.25) is 0 Å². The minimum atomic E-state index is -0.0928. The van der Waals surface area contributed by atoms with Gasteiger partial charge in [-0.3, -0.25) is 0 Å². The van der Waals surface area contributed by atoms with Gasteiger partial charge in [-0.05, 0) is 37.9 Å². The second-order valence-corrected chi connectivity index (χ2v) is 5.14. The summed E-state index contributed by atoms with van der Waals surface area (Å²) in [6, 6.07) is 4.34. The van der Waals surface area contributed by atoms with Crippen LogP contribution in [0.5, 0.6) is 0 Å². The van der Waals surface area contributed by atoms with E-state index in [4.69, 9.17) is 5.73 Å². The zero-order chi connectivity index (χ0) is 10.7. The normalized spacial score (nSPS) is 18.4. The van der Waals surface area contributed by atoms with E-state index in [1.165, 1.54) is 9.88 Å². The Labute approximate surface area is 94.5 Å². The molecule has 0 aliphatic carbocycles. The van der Waals surface area contributed by atoms with Crippen molar-refractivity contribution in [1.29, 1.82) is 0 Å². The molecule has 1 aliphatic heterocycles. The predicted octanol–water partition coefficient (Wildman–Crippen LogP) is 1.21. The van der Waals surface area contributed by atoms with Crippen LogP contribution >= 0.6 is 11.3 Å². The molecule has 0 bridgehead atoms. The van der Waals surface area contributed by atoms with E-state index < -0.39 is 0 Å². The van der Waals surface area contributed by atoms with E-state index in [0.29, 0.717) is 0 Å². The second-order valence-electron chi connectivity index (χ2n) is 4.00. The van der Waals surface area contributed by atoms with E-state index in [1.54, 1.807) is 0 Å². The van der Waals surface area contributed by atoms with Gasteiger partial charge in [-0.15, -0.1) is 11.3 Å². The molecule has 1 saturated heterocycles. The lowest BCUT2D eigenvalue weighted by Crippen LogP contribution is -2.35. The zero-order valence-electron chi connectivity index (χ0n) is 8.85. The summed E-state index contributed by atoms with van der Waals surface area (Å²) >= 11 is 1.83. The van der Waals surface area contributed by atoms with Gasteiger partial charge in [-0.2, -0.15) is 0 Å². The van der Waals surface area contributed by atoms with Crippen LogP contribution in [0, 0.1) is 0 Å². The molecule has 2 rings (SSSR count). The number of nitrogens with zero attached hydrogens (tertiary/aromatic N) is 1. The number of nitrogens with two attached hydrogens (primary N) is 1. The van der Waals surface area contributed by atoms with Gasteiger partial charge in [0.25, 0.3) is 0 Å². The highest BCUT2D eigenvalue weighted by Crippen LogP contribution is 2.28. The minimum absolute atomic E-state index is 0.0928. The first kappa shape index (κ1) is 10.9. The summed E-state index contributed by atoms with van der Waals surface area (Å²) < 4.78 is 0. The Kier molecular flexibility index (Phi) is 3.61. The summed E-state index contributed by atoms with van der Waals surface area (Å²) in [5.41, 5.74) is 5.53. The molecule has 84 valence electrons. The standard InChI is InChI=1S/C11H18N2OS/c12-6-3-10-1-2-11(15-10)13-7-4-9(14)5-8-13/h1-2,9,14H,3-8,12H2. The third-order valence-electron chi connectivity index (χ3n) is 2.81. The molecule has 2 heterocycles. The lowest BCUT2D eigenvalue weighted by Gasteiger charge is -2.30. The zero-order valence-corrected chi connectivity index (χ0v) is 9.67. The Morgan fingerprint density at radius 2 is 2.13 bits per heavy atom. The minimum Gasteiger partial charge on any atom is -0.393 e. The topological polar surface area (TPSA) is 49.5 Å². The molecule has 0 amide bonds. The van der Waals surface area contributed by atoms with Crippen LogP contribution in [0.25, 0.3) is 0 Å². The Hall–Kier alpha value is -0.580. The molecular formula is C11H18N2OS. The van der Waals surface area contributed by atoms with Crippen molar-refractivity contribution in [3.8, 4) is 0 Å². The van der Waals surface area contributed by atoms with Gasteiger partial charge in [0, 0.05) is 18.0 Å².